The summed E-state index contributed by atoms with van der Waals surface area (Å²) >= 11 is 0. The van der Waals surface area contributed by atoms with Crippen LogP contribution in [-0.2, 0) is 14.3 Å². The Kier molecular flexibility index (Phi) is 9.15. The van der Waals surface area contributed by atoms with Crippen molar-refractivity contribution in [1.29, 1.82) is 0 Å². The third kappa shape index (κ3) is 6.96. The van der Waals surface area contributed by atoms with Crippen LogP contribution in [0.5, 0.6) is 0 Å². The topological polar surface area (TPSA) is 87.2 Å². The molecule has 0 aromatic rings. The van der Waals surface area contributed by atoms with Crippen LogP contribution in [0.2, 0.25) is 0 Å². The number of esters is 1. The molecule has 1 N–H and O–H groups in total. The Hall–Kier alpha value is -1.79. The minimum Gasteiger partial charge on any atom is -0.481 e. The molecule has 0 spiro atoms. The highest BCUT2D eigenvalue weighted by molar-refractivity contribution is 5.81. The van der Waals surface area contributed by atoms with E-state index in [1.54, 1.807) is 13.8 Å². The van der Waals surface area contributed by atoms with E-state index in [0.717, 1.165) is 0 Å². The summed E-state index contributed by atoms with van der Waals surface area (Å²) in [6.07, 6.45) is 0.598. The van der Waals surface area contributed by atoms with Gasteiger partial charge in [-0.05, 0) is 20.3 Å². The zero-order valence-electron chi connectivity index (χ0n) is 12.4. The van der Waals surface area contributed by atoms with Crippen LogP contribution in [0.3, 0.4) is 0 Å². The number of carboxylic acids is 1. The number of carbonyl (C=O) groups excluding carboxylic acids is 2. The highest BCUT2D eigenvalue weighted by Crippen LogP contribution is 2.03. The summed E-state index contributed by atoms with van der Waals surface area (Å²) in [5, 5.41) is 8.67. The molecule has 20 heavy (non-hydrogen) atoms. The molecule has 0 aliphatic rings. The molecule has 0 aliphatic carbocycles. The van der Waals surface area contributed by atoms with Crippen molar-refractivity contribution in [3.8, 4) is 0 Å². The Morgan fingerprint density at radius 3 is 2.15 bits per heavy atom. The van der Waals surface area contributed by atoms with Crippen LogP contribution in [0.4, 0.5) is 4.79 Å². The van der Waals surface area contributed by atoms with Gasteiger partial charge in [-0.25, -0.2) is 4.79 Å². The molecule has 2 amide bonds. The van der Waals surface area contributed by atoms with E-state index in [-0.39, 0.29) is 32.1 Å². The number of amides is 2. The zero-order chi connectivity index (χ0) is 15.5. The molecule has 0 aromatic heterocycles. The van der Waals surface area contributed by atoms with Gasteiger partial charge >= 0.3 is 18.0 Å². The molecule has 0 bridgehead atoms. The van der Waals surface area contributed by atoms with E-state index < -0.39 is 11.9 Å². The van der Waals surface area contributed by atoms with Crippen molar-refractivity contribution in [3.63, 3.8) is 0 Å². The minimum absolute atomic E-state index is 0.107. The molecular weight excluding hydrogens is 264 g/mol. The minimum atomic E-state index is -0.955. The van der Waals surface area contributed by atoms with Crippen LogP contribution in [0.15, 0.2) is 0 Å². The second-order valence-corrected chi connectivity index (χ2v) is 4.23. The first-order valence-corrected chi connectivity index (χ1v) is 6.87. The number of aliphatic carboxylic acids is 1. The summed E-state index contributed by atoms with van der Waals surface area (Å²) in [5.74, 6) is -1.41. The molecular formula is C13H24N2O5. The molecule has 0 unspecified atom stereocenters. The fourth-order valence-electron chi connectivity index (χ4n) is 1.69. The zero-order valence-corrected chi connectivity index (χ0v) is 12.4. The summed E-state index contributed by atoms with van der Waals surface area (Å²) in [4.78, 5) is 37.1. The van der Waals surface area contributed by atoms with E-state index >= 15 is 0 Å². The SMILES string of the molecule is CCCN(CC(=O)OCC)C(=O)N(CC)CCC(=O)O. The van der Waals surface area contributed by atoms with Gasteiger partial charge in [0.25, 0.3) is 0 Å². The number of ether oxygens (including phenoxy) is 1. The van der Waals surface area contributed by atoms with Gasteiger partial charge in [-0.3, -0.25) is 9.59 Å². The van der Waals surface area contributed by atoms with Crippen LogP contribution in [0.1, 0.15) is 33.6 Å². The van der Waals surface area contributed by atoms with Gasteiger partial charge in [0.15, 0.2) is 0 Å². The number of carbonyl (C=O) groups is 3. The molecule has 0 fully saturated rings. The summed E-state index contributed by atoms with van der Waals surface area (Å²) < 4.78 is 4.83. The first kappa shape index (κ1) is 18.2. The van der Waals surface area contributed by atoms with E-state index in [1.807, 2.05) is 6.92 Å². The molecule has 0 radical (unpaired) electrons. The van der Waals surface area contributed by atoms with Gasteiger partial charge in [-0.2, -0.15) is 0 Å². The third-order valence-electron chi connectivity index (χ3n) is 2.64. The Morgan fingerprint density at radius 2 is 1.70 bits per heavy atom. The first-order chi connectivity index (χ1) is 9.46. The first-order valence-electron chi connectivity index (χ1n) is 6.87. The second kappa shape index (κ2) is 10.1. The van der Waals surface area contributed by atoms with E-state index in [2.05, 4.69) is 0 Å². The average molecular weight is 288 g/mol. The molecule has 0 atom stereocenters. The summed E-state index contributed by atoms with van der Waals surface area (Å²) in [7, 11) is 0. The predicted molar refractivity (Wildman–Crippen MR) is 73.4 cm³/mol. The lowest BCUT2D eigenvalue weighted by Gasteiger charge is -2.28. The standard InChI is InChI=1S/C13H24N2O5/c1-4-8-15(10-12(18)20-6-3)13(19)14(5-2)9-7-11(16)17/h4-10H2,1-3H3,(H,16,17). The molecule has 7 heteroatoms. The lowest BCUT2D eigenvalue weighted by molar-refractivity contribution is -0.144. The maximum atomic E-state index is 12.3. The van der Waals surface area contributed by atoms with Crippen LogP contribution in [0.25, 0.3) is 0 Å². The highest BCUT2D eigenvalue weighted by Gasteiger charge is 2.22. The van der Waals surface area contributed by atoms with Gasteiger partial charge in [-0.15, -0.1) is 0 Å². The predicted octanol–water partition coefficient (Wildman–Crippen LogP) is 1.18. The Bertz CT molecular complexity index is 333. The maximum absolute atomic E-state index is 12.3. The van der Waals surface area contributed by atoms with Crippen molar-refractivity contribution in [1.82, 2.24) is 9.80 Å². The molecule has 0 saturated carbocycles. The fourth-order valence-corrected chi connectivity index (χ4v) is 1.69. The van der Waals surface area contributed by atoms with Gasteiger partial charge in [0, 0.05) is 19.6 Å². The van der Waals surface area contributed by atoms with E-state index in [1.165, 1.54) is 9.80 Å². The smallest absolute Gasteiger partial charge is 0.325 e. The van der Waals surface area contributed by atoms with Crippen molar-refractivity contribution < 1.29 is 24.2 Å². The molecule has 0 aromatic carbocycles. The molecule has 0 heterocycles. The molecule has 0 rings (SSSR count). The number of nitrogens with zero attached hydrogens (tertiary/aromatic N) is 2. The van der Waals surface area contributed by atoms with Gasteiger partial charge in [0.1, 0.15) is 6.54 Å². The summed E-state index contributed by atoms with van der Waals surface area (Å²) in [5.41, 5.74) is 0. The quantitative estimate of drug-likeness (QED) is 0.644. The largest absolute Gasteiger partial charge is 0.481 e. The molecule has 0 aliphatic heterocycles. The Morgan fingerprint density at radius 1 is 1.05 bits per heavy atom. The third-order valence-corrected chi connectivity index (χ3v) is 2.64. The van der Waals surface area contributed by atoms with Crippen molar-refractivity contribution in [3.05, 3.63) is 0 Å². The lowest BCUT2D eigenvalue weighted by atomic mass is 10.3. The average Bonchev–Trinajstić information content (AvgIpc) is 2.38. The van der Waals surface area contributed by atoms with Gasteiger partial charge in [0.05, 0.1) is 13.0 Å². The Balaban J connectivity index is 4.64. The van der Waals surface area contributed by atoms with Crippen molar-refractivity contribution in [2.24, 2.45) is 0 Å². The molecule has 7 nitrogen and oxygen atoms in total. The Labute approximate surface area is 119 Å². The van der Waals surface area contributed by atoms with Crippen LogP contribution in [0, 0.1) is 0 Å². The van der Waals surface area contributed by atoms with Crippen molar-refractivity contribution >= 4 is 18.0 Å². The number of carboxylic acid groups (broad SMARTS) is 1. The summed E-state index contributed by atoms with van der Waals surface area (Å²) in [6.45, 7) is 6.50. The van der Waals surface area contributed by atoms with Crippen LogP contribution < -0.4 is 0 Å². The number of hydrogen-bond donors (Lipinski definition) is 1. The lowest BCUT2D eigenvalue weighted by Crippen LogP contribution is -2.46. The normalized spacial score (nSPS) is 9.95. The van der Waals surface area contributed by atoms with Gasteiger partial charge < -0.3 is 19.6 Å². The maximum Gasteiger partial charge on any atom is 0.325 e. The molecule has 0 saturated heterocycles. The monoisotopic (exact) mass is 288 g/mol. The second-order valence-electron chi connectivity index (χ2n) is 4.23. The van der Waals surface area contributed by atoms with E-state index in [9.17, 15) is 14.4 Å². The van der Waals surface area contributed by atoms with Crippen LogP contribution >= 0.6 is 0 Å². The van der Waals surface area contributed by atoms with Crippen molar-refractivity contribution in [2.75, 3.05) is 32.8 Å². The number of hydrogen-bond acceptors (Lipinski definition) is 4. The fraction of sp³-hybridized carbons (Fsp3) is 0.769. The van der Waals surface area contributed by atoms with E-state index in [0.29, 0.717) is 19.5 Å². The number of urea groups is 1. The van der Waals surface area contributed by atoms with Crippen molar-refractivity contribution in [2.45, 2.75) is 33.6 Å². The van der Waals surface area contributed by atoms with Gasteiger partial charge in [0.2, 0.25) is 0 Å². The molecule has 116 valence electrons. The van der Waals surface area contributed by atoms with Gasteiger partial charge in [-0.1, -0.05) is 6.92 Å². The van der Waals surface area contributed by atoms with Crippen LogP contribution in [-0.4, -0.2) is 65.7 Å². The highest BCUT2D eigenvalue weighted by atomic mass is 16.5. The number of rotatable bonds is 9. The van der Waals surface area contributed by atoms with E-state index in [4.69, 9.17) is 9.84 Å². The summed E-state index contributed by atoms with van der Waals surface area (Å²) in [6, 6.07) is -0.330.